The van der Waals surface area contributed by atoms with Gasteiger partial charge >= 0.3 is 0 Å². The van der Waals surface area contributed by atoms with Gasteiger partial charge in [-0.25, -0.2) is 0 Å². The fourth-order valence-corrected chi connectivity index (χ4v) is 21.5. The third-order valence-corrected chi connectivity index (χ3v) is 25.0. The molecule has 12 bridgehead atoms. The summed E-state index contributed by atoms with van der Waals surface area (Å²) in [7, 11) is 0. The van der Waals surface area contributed by atoms with E-state index < -0.39 is 34.7 Å². The molecule has 3 amide bonds. The molecule has 0 aromatic heterocycles. The van der Waals surface area contributed by atoms with Crippen LogP contribution in [0, 0.1) is 88.8 Å². The van der Waals surface area contributed by atoms with E-state index in [2.05, 4.69) is 10.6 Å². The first-order valence-corrected chi connectivity index (χ1v) is 34.9. The highest BCUT2D eigenvalue weighted by Gasteiger charge is 2.70. The van der Waals surface area contributed by atoms with Gasteiger partial charge in [0.05, 0.1) is 0 Å². The van der Waals surface area contributed by atoms with Gasteiger partial charge in [0, 0.05) is 137 Å². The SMILES string of the molecule is CC(C)(N)CNC(=O)CC1CCC2(CC1)OOC1(O2)C2CC3CC(C2)CC1C3.CC(C)(N)CNC(=O)C[C@@H]1CCC[C@]2(C1)OOC1(O2)C2CC3CC(C2)CC1C3.NC1CCN(C(=O)C[C@@H]2CCC[C@]3(C2)OOC2(O3)C3CC4CC(C3)CC2C4)CC1. The predicted molar refractivity (Wildman–Crippen MR) is 313 cm³/mol. The second-order valence-corrected chi connectivity index (χ2v) is 33.3. The predicted octanol–water partition coefficient (Wildman–Crippen LogP) is 9.84. The summed E-state index contributed by atoms with van der Waals surface area (Å²) >= 11 is 0. The van der Waals surface area contributed by atoms with Crippen molar-refractivity contribution in [2.24, 2.45) is 106 Å². The quantitative estimate of drug-likeness (QED) is 0.128. The summed E-state index contributed by atoms with van der Waals surface area (Å²) in [6, 6.07) is 0.256. The van der Waals surface area contributed by atoms with Crippen LogP contribution in [0.2, 0.25) is 0 Å². The topological polar surface area (TPSA) is 240 Å². The Morgan fingerprint density at radius 1 is 0.435 bits per heavy atom. The van der Waals surface area contributed by atoms with Crippen LogP contribution in [0.5, 0.6) is 0 Å². The van der Waals surface area contributed by atoms with Gasteiger partial charge in [0.1, 0.15) is 0 Å². The van der Waals surface area contributed by atoms with Crippen LogP contribution in [-0.4, -0.2) is 101 Å². The molecule has 15 saturated carbocycles. The van der Waals surface area contributed by atoms with Crippen LogP contribution in [-0.2, 0) is 57.9 Å². The molecule has 19 fully saturated rings. The number of hydrogen-bond donors (Lipinski definition) is 5. The van der Waals surface area contributed by atoms with Crippen molar-refractivity contribution in [3.05, 3.63) is 0 Å². The molecule has 19 rings (SSSR count). The summed E-state index contributed by atoms with van der Waals surface area (Å²) in [6.45, 7) is 10.3. The summed E-state index contributed by atoms with van der Waals surface area (Å²) in [5.41, 5.74) is 17.2. The van der Waals surface area contributed by atoms with E-state index in [0.29, 0.717) is 79.7 Å². The lowest BCUT2D eigenvalue weighted by Crippen LogP contribution is -2.59. The molecule has 0 radical (unpaired) electrons. The summed E-state index contributed by atoms with van der Waals surface area (Å²) in [4.78, 5) is 75.9. The lowest BCUT2D eigenvalue weighted by atomic mass is 9.53. The van der Waals surface area contributed by atoms with E-state index in [1.165, 1.54) is 96.3 Å². The molecule has 6 spiro atoms. The number of ether oxygens (including phenoxy) is 3. The van der Waals surface area contributed by atoms with Gasteiger partial charge in [-0.1, -0.05) is 0 Å². The second-order valence-electron chi connectivity index (χ2n) is 33.3. The maximum Gasteiger partial charge on any atom is 0.222 e. The first-order chi connectivity index (χ1) is 40.5. The number of carbonyl (C=O) groups is 3. The van der Waals surface area contributed by atoms with Crippen molar-refractivity contribution in [2.45, 2.75) is 285 Å². The molecule has 0 unspecified atom stereocenters. The number of nitrogens with zero attached hydrogens (tertiary/aromatic N) is 1. The van der Waals surface area contributed by atoms with Gasteiger partial charge in [0.15, 0.2) is 0 Å². The smallest absolute Gasteiger partial charge is 0.222 e. The second kappa shape index (κ2) is 22.9. The number of carbonyl (C=O) groups excluding carboxylic acids is 3. The van der Waals surface area contributed by atoms with E-state index in [1.807, 2.05) is 32.6 Å². The molecule has 85 heavy (non-hydrogen) atoms. The molecule has 0 aromatic carbocycles. The zero-order chi connectivity index (χ0) is 58.8. The van der Waals surface area contributed by atoms with Crippen LogP contribution in [0.1, 0.15) is 233 Å². The first kappa shape index (κ1) is 60.5. The van der Waals surface area contributed by atoms with Crippen molar-refractivity contribution >= 4 is 17.7 Å². The van der Waals surface area contributed by atoms with E-state index in [1.54, 1.807) is 0 Å². The van der Waals surface area contributed by atoms with Crippen molar-refractivity contribution in [3.8, 4) is 0 Å². The standard InChI is InChI=1S/C23H36N2O4.2C22H36N2O4/c24-20-3-6-25(7-4-20)21(26)13-15-2-1-5-22(14-15)27-23(29-28-22)18-9-16-8-17(11-18)12-19(23)10-16;1-20(2,23)13-24-19(25)12-14-3-5-21(6-4-14)26-22(28-27-21)17-8-15-7-16(10-17)11-18(22)9-15;1-20(2,23)13-24-19(25)11-14-4-3-5-21(12-14)26-22(28-27-21)17-7-15-6-16(9-17)10-18(22)8-15/h15-20H,1-14,24H2;2*14-18H,3-13,23H2,1-2H3,(H,24,25)/t15-,16?,17?,18?,19?,22+,23?;;14-,15?,16?,17?,18?,21+,22?/m0.0/s1. The molecular formula is C67H108N6O12. The molecule has 4 atom stereocenters. The highest BCUT2D eigenvalue weighted by atomic mass is 17.3. The van der Waals surface area contributed by atoms with Crippen LogP contribution < -0.4 is 27.8 Å². The fraction of sp³-hybridized carbons (Fsp3) is 0.955. The average Bonchev–Trinajstić information content (AvgIpc) is 2.19. The van der Waals surface area contributed by atoms with E-state index in [4.69, 9.17) is 60.7 Å². The Kier molecular flexibility index (Phi) is 16.3. The number of hydrogen-bond acceptors (Lipinski definition) is 15. The molecule has 18 nitrogen and oxygen atoms in total. The molecule has 4 aliphatic heterocycles. The fourth-order valence-electron chi connectivity index (χ4n) is 21.5. The van der Waals surface area contributed by atoms with Gasteiger partial charge in [-0.15, -0.1) is 0 Å². The Morgan fingerprint density at radius 2 is 0.776 bits per heavy atom. The number of piperidine rings is 1. The van der Waals surface area contributed by atoms with Crippen LogP contribution in [0.3, 0.4) is 0 Å². The van der Waals surface area contributed by atoms with Crippen LogP contribution in [0.4, 0.5) is 0 Å². The molecular weight excluding hydrogens is 1080 g/mol. The van der Waals surface area contributed by atoms with Gasteiger partial charge in [-0.05, 0) is 229 Å². The lowest BCUT2D eigenvalue weighted by Gasteiger charge is -2.57. The van der Waals surface area contributed by atoms with Gasteiger partial charge in [-0.3, -0.25) is 14.4 Å². The molecule has 478 valence electrons. The van der Waals surface area contributed by atoms with Crippen LogP contribution in [0.15, 0.2) is 0 Å². The molecule has 18 heteroatoms. The number of amides is 3. The number of nitrogens with two attached hydrogens (primary N) is 3. The molecule has 8 N–H and O–H groups in total. The maximum absolute atomic E-state index is 12.8. The maximum atomic E-state index is 12.8. The van der Waals surface area contributed by atoms with Crippen molar-refractivity contribution < 1.29 is 57.9 Å². The summed E-state index contributed by atoms with van der Waals surface area (Å²) in [6.07, 6.45) is 33.6. The average molecular weight is 1190 g/mol. The zero-order valence-electron chi connectivity index (χ0n) is 52.3. The highest BCUT2D eigenvalue weighted by Crippen LogP contribution is 2.67. The zero-order valence-corrected chi connectivity index (χ0v) is 52.3. The normalized spacial score (nSPS) is 47.9. The molecule has 0 aromatic rings. The Bertz CT molecular complexity index is 2350. The third kappa shape index (κ3) is 12.2. The highest BCUT2D eigenvalue weighted by molar-refractivity contribution is 5.77. The third-order valence-electron chi connectivity index (χ3n) is 25.0. The molecule has 19 aliphatic rings. The summed E-state index contributed by atoms with van der Waals surface area (Å²) in [5.74, 6) is 6.30. The van der Waals surface area contributed by atoms with Crippen LogP contribution >= 0.6 is 0 Å². The Balaban J connectivity index is 0.000000113. The Morgan fingerprint density at radius 3 is 1.15 bits per heavy atom. The van der Waals surface area contributed by atoms with E-state index in [0.717, 1.165) is 138 Å². The minimum absolute atomic E-state index is 0.0730. The van der Waals surface area contributed by atoms with Gasteiger partial charge in [0.2, 0.25) is 52.4 Å². The van der Waals surface area contributed by atoms with E-state index in [-0.39, 0.29) is 40.8 Å². The van der Waals surface area contributed by atoms with Crippen LogP contribution in [0.25, 0.3) is 0 Å². The van der Waals surface area contributed by atoms with E-state index in [9.17, 15) is 14.4 Å². The number of rotatable bonds is 10. The first-order valence-electron chi connectivity index (χ1n) is 34.9. The van der Waals surface area contributed by atoms with Crippen molar-refractivity contribution in [1.29, 1.82) is 0 Å². The minimum atomic E-state index is -0.647. The summed E-state index contributed by atoms with van der Waals surface area (Å²) in [5, 5.41) is 5.93. The Hall–Kier alpha value is -2.07. The van der Waals surface area contributed by atoms with Crippen molar-refractivity contribution in [1.82, 2.24) is 15.5 Å². The number of nitrogens with one attached hydrogen (secondary N) is 2. The van der Waals surface area contributed by atoms with Gasteiger partial charge in [0.25, 0.3) is 0 Å². The molecule has 15 aliphatic carbocycles. The minimum Gasteiger partial charge on any atom is -0.354 e. The molecule has 4 heterocycles. The molecule has 4 saturated heterocycles. The lowest BCUT2D eigenvalue weighted by molar-refractivity contribution is -0.390. The number of likely N-dealkylation sites (tertiary alicyclic amines) is 1. The Labute approximate surface area is 506 Å². The van der Waals surface area contributed by atoms with Gasteiger partial charge in [-0.2, -0.15) is 29.3 Å². The van der Waals surface area contributed by atoms with E-state index >= 15 is 0 Å². The monoisotopic (exact) mass is 1190 g/mol. The van der Waals surface area contributed by atoms with Gasteiger partial charge < -0.3 is 46.9 Å². The van der Waals surface area contributed by atoms with Crippen molar-refractivity contribution in [2.75, 3.05) is 26.2 Å². The van der Waals surface area contributed by atoms with Crippen molar-refractivity contribution in [3.63, 3.8) is 0 Å². The summed E-state index contributed by atoms with van der Waals surface area (Å²) < 4.78 is 20.4. The largest absolute Gasteiger partial charge is 0.354 e.